The molecule has 1 aromatic carbocycles. The van der Waals surface area contributed by atoms with Crippen LogP contribution in [0.2, 0.25) is 0 Å². The van der Waals surface area contributed by atoms with Gasteiger partial charge in [-0.1, -0.05) is 17.9 Å². The lowest BCUT2D eigenvalue weighted by Gasteiger charge is -2.00. The van der Waals surface area contributed by atoms with E-state index in [0.717, 1.165) is 0 Å². The highest BCUT2D eigenvalue weighted by Crippen LogP contribution is 2.13. The van der Waals surface area contributed by atoms with Crippen LogP contribution in [-0.2, 0) is 0 Å². The number of ketones is 1. The fraction of sp³-hybridized carbons (Fsp3) is 0.182. The number of nitrogen functional groups attached to an aromatic ring is 1. The van der Waals surface area contributed by atoms with Gasteiger partial charge in [0.15, 0.2) is 5.78 Å². The number of hydrogen-bond acceptors (Lipinski definition) is 3. The van der Waals surface area contributed by atoms with Crippen LogP contribution in [-0.4, -0.2) is 17.5 Å². The smallest absolute Gasteiger partial charge is 0.159 e. The highest BCUT2D eigenvalue weighted by molar-refractivity contribution is 5.95. The van der Waals surface area contributed by atoms with E-state index in [1.807, 2.05) is 0 Å². The number of aliphatic hydroxyl groups excluding tert-OH is 1. The second-order valence-corrected chi connectivity index (χ2v) is 2.82. The Bertz CT molecular complexity index is 413. The van der Waals surface area contributed by atoms with Crippen LogP contribution in [0.3, 0.4) is 0 Å². The zero-order valence-corrected chi connectivity index (χ0v) is 7.87. The lowest BCUT2D eigenvalue weighted by molar-refractivity contribution is 0.101. The van der Waals surface area contributed by atoms with Gasteiger partial charge in [-0.25, -0.2) is 0 Å². The first-order valence-electron chi connectivity index (χ1n) is 4.15. The number of carbonyl (C=O) groups excluding carboxylic acids is 1. The first-order chi connectivity index (χ1) is 6.65. The Morgan fingerprint density at radius 1 is 1.57 bits per heavy atom. The third-order valence-electron chi connectivity index (χ3n) is 1.76. The average Bonchev–Trinajstić information content (AvgIpc) is 2.15. The molecule has 72 valence electrons. The van der Waals surface area contributed by atoms with Gasteiger partial charge in [-0.05, 0) is 19.1 Å². The van der Waals surface area contributed by atoms with Gasteiger partial charge in [-0.15, -0.1) is 0 Å². The zero-order chi connectivity index (χ0) is 10.6. The third kappa shape index (κ3) is 2.35. The Labute approximate surface area is 82.6 Å². The number of anilines is 1. The summed E-state index contributed by atoms with van der Waals surface area (Å²) in [5.41, 5.74) is 7.32. The number of hydrogen-bond donors (Lipinski definition) is 2. The molecule has 1 aromatic rings. The van der Waals surface area contributed by atoms with Crippen molar-refractivity contribution in [3.63, 3.8) is 0 Å². The van der Waals surface area contributed by atoms with Crippen LogP contribution in [0.15, 0.2) is 18.2 Å². The molecule has 1 rings (SSSR count). The van der Waals surface area contributed by atoms with Crippen molar-refractivity contribution in [3.8, 4) is 11.8 Å². The number of benzene rings is 1. The molecule has 3 heteroatoms. The van der Waals surface area contributed by atoms with Gasteiger partial charge in [0.1, 0.15) is 6.61 Å². The van der Waals surface area contributed by atoms with Gasteiger partial charge < -0.3 is 10.8 Å². The molecule has 3 nitrogen and oxygen atoms in total. The first-order valence-corrected chi connectivity index (χ1v) is 4.15. The fourth-order valence-corrected chi connectivity index (χ4v) is 1.03. The largest absolute Gasteiger partial charge is 0.398 e. The summed E-state index contributed by atoms with van der Waals surface area (Å²) in [5, 5.41) is 8.49. The summed E-state index contributed by atoms with van der Waals surface area (Å²) in [6.45, 7) is 1.28. The lowest BCUT2D eigenvalue weighted by atomic mass is 10.1. The molecule has 0 aliphatic carbocycles. The van der Waals surface area contributed by atoms with Crippen LogP contribution in [0.5, 0.6) is 0 Å². The molecule has 0 aromatic heterocycles. The molecule has 0 aliphatic heterocycles. The van der Waals surface area contributed by atoms with Crippen LogP contribution in [0.25, 0.3) is 0 Å². The Hall–Kier alpha value is -1.79. The van der Waals surface area contributed by atoms with Crippen molar-refractivity contribution in [3.05, 3.63) is 29.3 Å². The molecule has 0 radical (unpaired) electrons. The molecule has 0 spiro atoms. The molecule has 0 aliphatic rings. The quantitative estimate of drug-likeness (QED) is 0.390. The summed E-state index contributed by atoms with van der Waals surface area (Å²) >= 11 is 0. The predicted octanol–water partition coefficient (Wildman–Crippen LogP) is 0.815. The van der Waals surface area contributed by atoms with Gasteiger partial charge in [-0.2, -0.15) is 0 Å². The molecule has 0 saturated carbocycles. The third-order valence-corrected chi connectivity index (χ3v) is 1.76. The molecule has 3 N–H and O–H groups in total. The molecule has 0 bridgehead atoms. The number of nitrogens with two attached hydrogens (primary N) is 1. The second-order valence-electron chi connectivity index (χ2n) is 2.82. The standard InChI is InChI=1S/C11H11NO2/c1-8(14)10-5-4-9(3-2-6-13)11(12)7-10/h4-5,7,13H,6,12H2,1H3. The van der Waals surface area contributed by atoms with E-state index in [4.69, 9.17) is 10.8 Å². The van der Waals surface area contributed by atoms with Gasteiger partial charge in [0.25, 0.3) is 0 Å². The molecular weight excluding hydrogens is 178 g/mol. The van der Waals surface area contributed by atoms with Crippen LogP contribution in [0, 0.1) is 11.8 Å². The average molecular weight is 189 g/mol. The van der Waals surface area contributed by atoms with Crippen LogP contribution >= 0.6 is 0 Å². The molecule has 0 unspecified atom stereocenters. The number of carbonyl (C=O) groups is 1. The molecule has 0 amide bonds. The molecule has 0 atom stereocenters. The highest BCUT2D eigenvalue weighted by atomic mass is 16.2. The van der Waals surface area contributed by atoms with E-state index >= 15 is 0 Å². The van der Waals surface area contributed by atoms with Gasteiger partial charge in [0.05, 0.1) is 0 Å². The Balaban J connectivity index is 3.07. The van der Waals surface area contributed by atoms with E-state index in [2.05, 4.69) is 11.8 Å². The van der Waals surface area contributed by atoms with Crippen LogP contribution < -0.4 is 5.73 Å². The zero-order valence-electron chi connectivity index (χ0n) is 7.87. The minimum absolute atomic E-state index is 0.0293. The van der Waals surface area contributed by atoms with Gasteiger partial charge in [0.2, 0.25) is 0 Å². The Kier molecular flexibility index (Phi) is 3.27. The van der Waals surface area contributed by atoms with Crippen molar-refractivity contribution in [1.82, 2.24) is 0 Å². The number of aliphatic hydroxyl groups is 1. The number of rotatable bonds is 1. The van der Waals surface area contributed by atoms with Crippen molar-refractivity contribution in [2.45, 2.75) is 6.92 Å². The normalized spacial score (nSPS) is 9.00. The summed E-state index contributed by atoms with van der Waals surface area (Å²) in [6.07, 6.45) is 0. The molecule has 0 fully saturated rings. The maximum Gasteiger partial charge on any atom is 0.159 e. The lowest BCUT2D eigenvalue weighted by Crippen LogP contribution is -1.96. The van der Waals surface area contributed by atoms with Crippen molar-refractivity contribution in [1.29, 1.82) is 0 Å². The monoisotopic (exact) mass is 189 g/mol. The van der Waals surface area contributed by atoms with Crippen molar-refractivity contribution < 1.29 is 9.90 Å². The maximum absolute atomic E-state index is 11.0. The minimum Gasteiger partial charge on any atom is -0.398 e. The van der Waals surface area contributed by atoms with E-state index < -0.39 is 0 Å². The molecule has 0 heterocycles. The maximum atomic E-state index is 11.0. The SMILES string of the molecule is CC(=O)c1ccc(C#CCO)c(N)c1. The first kappa shape index (κ1) is 10.3. The van der Waals surface area contributed by atoms with E-state index in [9.17, 15) is 4.79 Å². The van der Waals surface area contributed by atoms with Gasteiger partial charge in [-0.3, -0.25) is 4.79 Å². The predicted molar refractivity (Wildman–Crippen MR) is 54.8 cm³/mol. The summed E-state index contributed by atoms with van der Waals surface area (Å²) in [7, 11) is 0. The van der Waals surface area contributed by atoms with Gasteiger partial charge >= 0.3 is 0 Å². The summed E-state index contributed by atoms with van der Waals surface area (Å²) < 4.78 is 0. The minimum atomic E-state index is -0.200. The van der Waals surface area contributed by atoms with E-state index in [1.54, 1.807) is 18.2 Å². The summed E-state index contributed by atoms with van der Waals surface area (Å²) in [5.74, 6) is 5.16. The molecule has 0 saturated heterocycles. The summed E-state index contributed by atoms with van der Waals surface area (Å²) in [4.78, 5) is 11.0. The van der Waals surface area contributed by atoms with Crippen molar-refractivity contribution in [2.24, 2.45) is 0 Å². The van der Waals surface area contributed by atoms with Crippen LogP contribution in [0.1, 0.15) is 22.8 Å². The highest BCUT2D eigenvalue weighted by Gasteiger charge is 2.01. The molecular formula is C11H11NO2. The van der Waals surface area contributed by atoms with Crippen LogP contribution in [0.4, 0.5) is 5.69 Å². The number of Topliss-reactive ketones (excluding diaryl/α,β-unsaturated/α-hetero) is 1. The Morgan fingerprint density at radius 2 is 2.29 bits per heavy atom. The van der Waals surface area contributed by atoms with Crippen molar-refractivity contribution in [2.75, 3.05) is 12.3 Å². The summed E-state index contributed by atoms with van der Waals surface area (Å²) in [6, 6.07) is 4.93. The van der Waals surface area contributed by atoms with E-state index in [0.29, 0.717) is 16.8 Å². The van der Waals surface area contributed by atoms with E-state index in [1.165, 1.54) is 6.92 Å². The van der Waals surface area contributed by atoms with E-state index in [-0.39, 0.29) is 12.4 Å². The Morgan fingerprint density at radius 3 is 2.79 bits per heavy atom. The van der Waals surface area contributed by atoms with Crippen molar-refractivity contribution >= 4 is 11.5 Å². The second kappa shape index (κ2) is 4.45. The fourth-order valence-electron chi connectivity index (χ4n) is 1.03. The van der Waals surface area contributed by atoms with Gasteiger partial charge in [0, 0.05) is 16.8 Å². The topological polar surface area (TPSA) is 63.3 Å². The molecule has 14 heavy (non-hydrogen) atoms.